The Morgan fingerprint density at radius 1 is 1.17 bits per heavy atom. The number of benzene rings is 1. The van der Waals surface area contributed by atoms with Crippen LogP contribution in [0.15, 0.2) is 64.2 Å². The SMILES string of the molecule is COc1ccc(-c2cs/c(=N\N=C(/C)c3ccccn3)n2C)cc1. The highest BCUT2D eigenvalue weighted by Crippen LogP contribution is 2.22. The number of thiazole rings is 1. The molecule has 0 atom stereocenters. The minimum absolute atomic E-state index is 0.787. The van der Waals surface area contributed by atoms with E-state index in [0.29, 0.717) is 0 Å². The summed E-state index contributed by atoms with van der Waals surface area (Å²) in [6.07, 6.45) is 1.75. The van der Waals surface area contributed by atoms with Crippen molar-refractivity contribution in [1.29, 1.82) is 0 Å². The average molecular weight is 338 g/mol. The molecule has 3 aromatic rings. The molecular weight excluding hydrogens is 320 g/mol. The van der Waals surface area contributed by atoms with Gasteiger partial charge in [0.25, 0.3) is 0 Å². The molecule has 3 rings (SSSR count). The third kappa shape index (κ3) is 3.44. The van der Waals surface area contributed by atoms with Crippen LogP contribution in [0.25, 0.3) is 11.3 Å². The van der Waals surface area contributed by atoms with Gasteiger partial charge in [-0.2, -0.15) is 5.10 Å². The van der Waals surface area contributed by atoms with Gasteiger partial charge < -0.3 is 9.30 Å². The molecule has 5 nitrogen and oxygen atoms in total. The van der Waals surface area contributed by atoms with E-state index < -0.39 is 0 Å². The minimum atomic E-state index is 0.787. The molecule has 0 saturated heterocycles. The standard InChI is InChI=1S/C18H18N4OS/c1-13(16-6-4-5-11-19-16)20-21-18-22(2)17(12-24-18)14-7-9-15(23-3)10-8-14/h4-12H,1-3H3/b20-13+,21-18-. The molecular formula is C18H18N4OS. The van der Waals surface area contributed by atoms with Crippen LogP contribution in [0.2, 0.25) is 0 Å². The third-order valence-electron chi connectivity index (χ3n) is 3.63. The van der Waals surface area contributed by atoms with Crippen molar-refractivity contribution in [3.05, 3.63) is 64.5 Å². The second-order valence-corrected chi connectivity index (χ2v) is 6.03. The average Bonchev–Trinajstić information content (AvgIpc) is 3.01. The van der Waals surface area contributed by atoms with E-state index in [2.05, 4.69) is 20.6 Å². The van der Waals surface area contributed by atoms with E-state index in [0.717, 1.165) is 33.2 Å². The van der Waals surface area contributed by atoms with E-state index in [4.69, 9.17) is 4.74 Å². The molecule has 0 unspecified atom stereocenters. The van der Waals surface area contributed by atoms with E-state index in [-0.39, 0.29) is 0 Å². The summed E-state index contributed by atoms with van der Waals surface area (Å²) in [6.45, 7) is 1.91. The number of aromatic nitrogens is 2. The Bertz CT molecular complexity index is 908. The van der Waals surface area contributed by atoms with Crippen LogP contribution in [0, 0.1) is 0 Å². The smallest absolute Gasteiger partial charge is 0.210 e. The molecule has 6 heteroatoms. The lowest BCUT2D eigenvalue weighted by atomic mass is 10.1. The van der Waals surface area contributed by atoms with Crippen molar-refractivity contribution in [3.63, 3.8) is 0 Å². The van der Waals surface area contributed by atoms with Gasteiger partial charge in [-0.05, 0) is 48.9 Å². The van der Waals surface area contributed by atoms with Gasteiger partial charge in [-0.3, -0.25) is 4.98 Å². The molecule has 0 saturated carbocycles. The monoisotopic (exact) mass is 338 g/mol. The minimum Gasteiger partial charge on any atom is -0.497 e. The maximum Gasteiger partial charge on any atom is 0.210 e. The summed E-state index contributed by atoms with van der Waals surface area (Å²) in [5, 5.41) is 10.8. The van der Waals surface area contributed by atoms with Crippen LogP contribution in [-0.2, 0) is 7.05 Å². The fraction of sp³-hybridized carbons (Fsp3) is 0.167. The summed E-state index contributed by atoms with van der Waals surface area (Å²) >= 11 is 1.56. The van der Waals surface area contributed by atoms with Crippen LogP contribution in [0.3, 0.4) is 0 Å². The number of rotatable bonds is 4. The van der Waals surface area contributed by atoms with E-state index in [1.807, 2.05) is 61.0 Å². The Hall–Kier alpha value is -2.73. The second kappa shape index (κ2) is 7.23. The van der Waals surface area contributed by atoms with Crippen LogP contribution < -0.4 is 9.54 Å². The fourth-order valence-electron chi connectivity index (χ4n) is 2.23. The third-order valence-corrected chi connectivity index (χ3v) is 4.54. The van der Waals surface area contributed by atoms with Gasteiger partial charge in [-0.1, -0.05) is 6.07 Å². The Balaban J connectivity index is 1.92. The van der Waals surface area contributed by atoms with Gasteiger partial charge in [0, 0.05) is 18.6 Å². The maximum atomic E-state index is 5.20. The van der Waals surface area contributed by atoms with Crippen LogP contribution in [-0.4, -0.2) is 22.4 Å². The number of pyridine rings is 1. The van der Waals surface area contributed by atoms with Crippen molar-refractivity contribution < 1.29 is 4.74 Å². The zero-order valence-electron chi connectivity index (χ0n) is 13.8. The van der Waals surface area contributed by atoms with Crippen LogP contribution in [0.5, 0.6) is 5.75 Å². The molecule has 122 valence electrons. The first-order valence-corrected chi connectivity index (χ1v) is 8.35. The van der Waals surface area contributed by atoms with E-state index in [1.54, 1.807) is 24.6 Å². The Morgan fingerprint density at radius 2 is 1.96 bits per heavy atom. The molecule has 0 N–H and O–H groups in total. The van der Waals surface area contributed by atoms with E-state index in [1.165, 1.54) is 0 Å². The quantitative estimate of drug-likeness (QED) is 0.540. The lowest BCUT2D eigenvalue weighted by Gasteiger charge is -2.04. The Labute approximate surface area is 144 Å². The number of methoxy groups -OCH3 is 1. The van der Waals surface area contributed by atoms with Crippen LogP contribution >= 0.6 is 11.3 Å². The van der Waals surface area contributed by atoms with Gasteiger partial charge in [-0.25, -0.2) is 0 Å². The first-order chi connectivity index (χ1) is 11.7. The first-order valence-electron chi connectivity index (χ1n) is 7.47. The van der Waals surface area contributed by atoms with Gasteiger partial charge in [0.2, 0.25) is 4.80 Å². The van der Waals surface area contributed by atoms with Crippen LogP contribution in [0.1, 0.15) is 12.6 Å². The number of nitrogens with zero attached hydrogens (tertiary/aromatic N) is 4. The lowest BCUT2D eigenvalue weighted by Crippen LogP contribution is -2.11. The molecule has 0 aliphatic carbocycles. The molecule has 2 aromatic heterocycles. The zero-order chi connectivity index (χ0) is 16.9. The molecule has 0 fully saturated rings. The van der Waals surface area contributed by atoms with E-state index in [9.17, 15) is 0 Å². The molecule has 24 heavy (non-hydrogen) atoms. The molecule has 0 radical (unpaired) electrons. The maximum absolute atomic E-state index is 5.20. The fourth-order valence-corrected chi connectivity index (χ4v) is 3.09. The van der Waals surface area contributed by atoms with Crippen LogP contribution in [0.4, 0.5) is 0 Å². The highest BCUT2D eigenvalue weighted by molar-refractivity contribution is 7.07. The number of ether oxygens (including phenoxy) is 1. The normalized spacial score (nSPS) is 12.5. The molecule has 0 aliphatic heterocycles. The summed E-state index contributed by atoms with van der Waals surface area (Å²) in [7, 11) is 3.65. The molecule has 0 spiro atoms. The highest BCUT2D eigenvalue weighted by Gasteiger charge is 2.05. The Morgan fingerprint density at radius 3 is 2.62 bits per heavy atom. The summed E-state index contributed by atoms with van der Waals surface area (Å²) in [5.41, 5.74) is 3.82. The topological polar surface area (TPSA) is 51.8 Å². The van der Waals surface area contributed by atoms with Gasteiger partial charge in [0.15, 0.2) is 0 Å². The van der Waals surface area contributed by atoms with Crippen molar-refractivity contribution >= 4 is 17.0 Å². The summed E-state index contributed by atoms with van der Waals surface area (Å²) in [4.78, 5) is 5.11. The summed E-state index contributed by atoms with van der Waals surface area (Å²) in [5.74, 6) is 0.845. The molecule has 2 heterocycles. The number of hydrogen-bond acceptors (Lipinski definition) is 5. The highest BCUT2D eigenvalue weighted by atomic mass is 32.1. The van der Waals surface area contributed by atoms with Crippen molar-refractivity contribution in [3.8, 4) is 17.0 Å². The molecule has 0 amide bonds. The summed E-state index contributed by atoms with van der Waals surface area (Å²) < 4.78 is 7.23. The van der Waals surface area contributed by atoms with Gasteiger partial charge in [0.1, 0.15) is 5.75 Å². The largest absolute Gasteiger partial charge is 0.497 e. The molecule has 0 bridgehead atoms. The van der Waals surface area contributed by atoms with E-state index >= 15 is 0 Å². The zero-order valence-corrected chi connectivity index (χ0v) is 14.6. The first kappa shape index (κ1) is 16.1. The van der Waals surface area contributed by atoms with Crippen molar-refractivity contribution in [1.82, 2.24) is 9.55 Å². The van der Waals surface area contributed by atoms with Crippen molar-refractivity contribution in [2.45, 2.75) is 6.92 Å². The van der Waals surface area contributed by atoms with Gasteiger partial charge in [0.05, 0.1) is 24.2 Å². The van der Waals surface area contributed by atoms with Crippen molar-refractivity contribution in [2.75, 3.05) is 7.11 Å². The number of hydrogen-bond donors (Lipinski definition) is 0. The lowest BCUT2D eigenvalue weighted by molar-refractivity contribution is 0.415. The van der Waals surface area contributed by atoms with Crippen molar-refractivity contribution in [2.24, 2.45) is 17.3 Å². The molecule has 0 aliphatic rings. The Kier molecular flexibility index (Phi) is 4.86. The second-order valence-electron chi connectivity index (χ2n) is 5.19. The molecule has 1 aromatic carbocycles. The predicted molar refractivity (Wildman–Crippen MR) is 97.3 cm³/mol. The summed E-state index contributed by atoms with van der Waals surface area (Å²) in [6, 6.07) is 13.7. The van der Waals surface area contributed by atoms with Gasteiger partial charge >= 0.3 is 0 Å². The van der Waals surface area contributed by atoms with Gasteiger partial charge in [-0.15, -0.1) is 16.4 Å². The predicted octanol–water partition coefficient (Wildman–Crippen LogP) is 3.48.